The first kappa shape index (κ1) is 10.3. The molecule has 2 aliphatic rings. The first-order chi connectivity index (χ1) is 8.22. The Morgan fingerprint density at radius 1 is 1.35 bits per heavy atom. The Morgan fingerprint density at radius 2 is 2.12 bits per heavy atom. The number of aldehydes is 1. The number of nitrogens with zero attached hydrogens (tertiary/aromatic N) is 1. The van der Waals surface area contributed by atoms with Crippen LogP contribution in [0.5, 0.6) is 0 Å². The molecule has 1 amide bonds. The fraction of sp³-hybridized carbons (Fsp3) is 0.286. The van der Waals surface area contributed by atoms with Gasteiger partial charge in [-0.1, -0.05) is 25.1 Å². The van der Waals surface area contributed by atoms with E-state index in [-0.39, 0.29) is 17.9 Å². The zero-order chi connectivity index (χ0) is 12.0. The molecule has 3 nitrogen and oxygen atoms in total. The van der Waals surface area contributed by atoms with Crippen LogP contribution in [0.25, 0.3) is 0 Å². The summed E-state index contributed by atoms with van der Waals surface area (Å²) in [5.41, 5.74) is 2.57. The van der Waals surface area contributed by atoms with Crippen molar-refractivity contribution in [2.24, 2.45) is 5.92 Å². The molecular weight excluding hydrogens is 214 g/mol. The Hall–Kier alpha value is -1.90. The van der Waals surface area contributed by atoms with E-state index in [4.69, 9.17) is 0 Å². The normalized spacial score (nSPS) is 26.3. The van der Waals surface area contributed by atoms with Gasteiger partial charge in [0.25, 0.3) is 5.91 Å². The minimum absolute atomic E-state index is 0.0110. The van der Waals surface area contributed by atoms with Gasteiger partial charge in [-0.25, -0.2) is 0 Å². The van der Waals surface area contributed by atoms with Crippen molar-refractivity contribution in [3.63, 3.8) is 0 Å². The molecule has 0 aliphatic carbocycles. The molecule has 0 N–H and O–H groups in total. The Bertz CT molecular complexity index is 533. The Balaban J connectivity index is 2.11. The lowest BCUT2D eigenvalue weighted by Gasteiger charge is -2.30. The summed E-state index contributed by atoms with van der Waals surface area (Å²) in [6, 6.07) is 7.80. The first-order valence-electron chi connectivity index (χ1n) is 5.81. The van der Waals surface area contributed by atoms with Crippen molar-refractivity contribution < 1.29 is 9.59 Å². The number of carbonyl (C=O) groups is 2. The number of hydrogen-bond acceptors (Lipinski definition) is 2. The van der Waals surface area contributed by atoms with Crippen LogP contribution in [-0.4, -0.2) is 17.1 Å². The summed E-state index contributed by atoms with van der Waals surface area (Å²) in [4.78, 5) is 24.8. The van der Waals surface area contributed by atoms with Crippen molar-refractivity contribution in [1.82, 2.24) is 4.90 Å². The standard InChI is InChI=1S/C14H13NO2/c1-9-6-13-11-4-2-3-5-12(11)14(17)15(13)7-10(9)8-16/h2-5,7-9,13H,6H2,1H3/t9-,13-/m1/s1. The van der Waals surface area contributed by atoms with Crippen molar-refractivity contribution in [3.05, 3.63) is 47.2 Å². The highest BCUT2D eigenvalue weighted by atomic mass is 16.2. The fourth-order valence-electron chi connectivity index (χ4n) is 2.71. The molecule has 17 heavy (non-hydrogen) atoms. The van der Waals surface area contributed by atoms with Gasteiger partial charge in [0, 0.05) is 17.3 Å². The molecule has 0 spiro atoms. The molecule has 0 saturated heterocycles. The van der Waals surface area contributed by atoms with Crippen LogP contribution >= 0.6 is 0 Å². The number of fused-ring (bicyclic) bond motifs is 3. The predicted molar refractivity (Wildman–Crippen MR) is 63.3 cm³/mol. The van der Waals surface area contributed by atoms with Crippen LogP contribution in [0.4, 0.5) is 0 Å². The molecule has 1 aromatic rings. The lowest BCUT2D eigenvalue weighted by molar-refractivity contribution is -0.105. The van der Waals surface area contributed by atoms with E-state index in [0.29, 0.717) is 5.57 Å². The van der Waals surface area contributed by atoms with Gasteiger partial charge >= 0.3 is 0 Å². The van der Waals surface area contributed by atoms with Gasteiger partial charge in [0.2, 0.25) is 0 Å². The van der Waals surface area contributed by atoms with Crippen LogP contribution in [0.2, 0.25) is 0 Å². The second-order valence-electron chi connectivity index (χ2n) is 4.70. The maximum Gasteiger partial charge on any atom is 0.258 e. The molecular formula is C14H13NO2. The van der Waals surface area contributed by atoms with Gasteiger partial charge in [0.1, 0.15) is 6.29 Å². The van der Waals surface area contributed by atoms with Gasteiger partial charge in [-0.05, 0) is 24.0 Å². The molecule has 0 unspecified atom stereocenters. The van der Waals surface area contributed by atoms with Crippen LogP contribution in [0.1, 0.15) is 35.3 Å². The van der Waals surface area contributed by atoms with Crippen molar-refractivity contribution in [2.75, 3.05) is 0 Å². The first-order valence-corrected chi connectivity index (χ1v) is 5.81. The zero-order valence-electron chi connectivity index (χ0n) is 9.59. The van der Waals surface area contributed by atoms with Crippen molar-refractivity contribution in [3.8, 4) is 0 Å². The minimum atomic E-state index is 0.0110. The number of rotatable bonds is 1. The van der Waals surface area contributed by atoms with E-state index in [0.717, 1.165) is 23.8 Å². The molecule has 2 heterocycles. The Morgan fingerprint density at radius 3 is 2.88 bits per heavy atom. The number of carbonyl (C=O) groups excluding carboxylic acids is 2. The molecule has 0 radical (unpaired) electrons. The van der Waals surface area contributed by atoms with Gasteiger partial charge in [-0.15, -0.1) is 0 Å². The predicted octanol–water partition coefficient (Wildman–Crippen LogP) is 2.31. The van der Waals surface area contributed by atoms with E-state index in [1.165, 1.54) is 0 Å². The van der Waals surface area contributed by atoms with E-state index in [2.05, 4.69) is 0 Å². The number of benzene rings is 1. The molecule has 86 valence electrons. The summed E-state index contributed by atoms with van der Waals surface area (Å²) >= 11 is 0. The van der Waals surface area contributed by atoms with Gasteiger partial charge in [-0.3, -0.25) is 9.59 Å². The van der Waals surface area contributed by atoms with Gasteiger partial charge in [-0.2, -0.15) is 0 Å². The molecule has 2 aliphatic heterocycles. The fourth-order valence-corrected chi connectivity index (χ4v) is 2.71. The highest BCUT2D eigenvalue weighted by molar-refractivity contribution is 6.00. The minimum Gasteiger partial charge on any atom is -0.307 e. The molecule has 0 saturated carbocycles. The van der Waals surface area contributed by atoms with Crippen molar-refractivity contribution >= 4 is 12.2 Å². The number of amides is 1. The second kappa shape index (κ2) is 3.55. The van der Waals surface area contributed by atoms with Crippen molar-refractivity contribution in [2.45, 2.75) is 19.4 Å². The third kappa shape index (κ3) is 1.35. The quantitative estimate of drug-likeness (QED) is 0.690. The molecule has 0 bridgehead atoms. The number of hydrogen-bond donors (Lipinski definition) is 0. The van der Waals surface area contributed by atoms with Crippen LogP contribution in [-0.2, 0) is 4.79 Å². The van der Waals surface area contributed by atoms with Crippen LogP contribution in [0, 0.1) is 5.92 Å². The monoisotopic (exact) mass is 227 g/mol. The second-order valence-corrected chi connectivity index (χ2v) is 4.70. The maximum absolute atomic E-state index is 12.2. The summed E-state index contributed by atoms with van der Waals surface area (Å²) in [5, 5.41) is 0. The highest BCUT2D eigenvalue weighted by Gasteiger charge is 2.39. The summed E-state index contributed by atoms with van der Waals surface area (Å²) in [5.74, 6) is 0.226. The lowest BCUT2D eigenvalue weighted by atomic mass is 9.89. The molecule has 0 fully saturated rings. The SMILES string of the molecule is C[C@@H]1C[C@@H]2c3ccccc3C(=O)N2C=C1C=O. The molecule has 1 aromatic carbocycles. The third-order valence-corrected chi connectivity index (χ3v) is 3.69. The van der Waals surface area contributed by atoms with E-state index >= 15 is 0 Å². The van der Waals surface area contributed by atoms with Crippen LogP contribution in [0.3, 0.4) is 0 Å². The lowest BCUT2D eigenvalue weighted by Crippen LogP contribution is -2.29. The highest BCUT2D eigenvalue weighted by Crippen LogP contribution is 2.42. The average Bonchev–Trinajstić information content (AvgIpc) is 2.63. The third-order valence-electron chi connectivity index (χ3n) is 3.69. The molecule has 0 aromatic heterocycles. The summed E-state index contributed by atoms with van der Waals surface area (Å²) < 4.78 is 0. The summed E-state index contributed by atoms with van der Waals surface area (Å²) in [6.45, 7) is 2.03. The molecule has 2 atom stereocenters. The van der Waals surface area contributed by atoms with Crippen LogP contribution < -0.4 is 0 Å². The topological polar surface area (TPSA) is 37.4 Å². The maximum atomic E-state index is 12.2. The zero-order valence-corrected chi connectivity index (χ0v) is 9.59. The smallest absolute Gasteiger partial charge is 0.258 e. The largest absolute Gasteiger partial charge is 0.307 e. The van der Waals surface area contributed by atoms with E-state index < -0.39 is 0 Å². The van der Waals surface area contributed by atoms with E-state index in [1.807, 2.05) is 31.2 Å². The van der Waals surface area contributed by atoms with E-state index in [1.54, 1.807) is 11.1 Å². The van der Waals surface area contributed by atoms with Gasteiger partial charge in [0.15, 0.2) is 0 Å². The molecule has 3 heteroatoms. The van der Waals surface area contributed by atoms with Gasteiger partial charge < -0.3 is 4.90 Å². The average molecular weight is 227 g/mol. The summed E-state index contributed by atoms with van der Waals surface area (Å²) in [7, 11) is 0. The number of allylic oxidation sites excluding steroid dienone is 1. The Kier molecular flexibility index (Phi) is 2.15. The van der Waals surface area contributed by atoms with E-state index in [9.17, 15) is 9.59 Å². The van der Waals surface area contributed by atoms with Crippen molar-refractivity contribution in [1.29, 1.82) is 0 Å². The summed E-state index contributed by atoms with van der Waals surface area (Å²) in [6.07, 6.45) is 3.40. The van der Waals surface area contributed by atoms with Crippen LogP contribution in [0.15, 0.2) is 36.0 Å². The van der Waals surface area contributed by atoms with Gasteiger partial charge in [0.05, 0.1) is 6.04 Å². The molecule has 3 rings (SSSR count). The Labute approximate surface area is 99.7 Å².